The van der Waals surface area contributed by atoms with E-state index < -0.39 is 0 Å². The van der Waals surface area contributed by atoms with E-state index in [0.29, 0.717) is 13.2 Å². The van der Waals surface area contributed by atoms with Crippen LogP contribution in [-0.4, -0.2) is 40.7 Å². The van der Waals surface area contributed by atoms with Crippen LogP contribution in [0.4, 0.5) is 0 Å². The molecule has 5 heteroatoms. The quantitative estimate of drug-likeness (QED) is 0.841. The van der Waals surface area contributed by atoms with Crippen molar-refractivity contribution in [2.45, 2.75) is 52.3 Å². The molecule has 1 saturated heterocycles. The minimum absolute atomic E-state index is 0.111. The molecule has 112 valence electrons. The van der Waals surface area contributed by atoms with Gasteiger partial charge in [-0.05, 0) is 41.8 Å². The fourth-order valence-electron chi connectivity index (χ4n) is 2.66. The Bertz CT molecular complexity index is 472. The molecule has 2 heterocycles. The molecule has 0 saturated carbocycles. The topological polar surface area (TPSA) is 34.5 Å². The summed E-state index contributed by atoms with van der Waals surface area (Å²) in [5.41, 5.74) is 0.770. The van der Waals surface area contributed by atoms with Crippen LogP contribution in [0, 0.1) is 0 Å². The third-order valence-electron chi connectivity index (χ3n) is 3.75. The van der Waals surface area contributed by atoms with Gasteiger partial charge in [-0.1, -0.05) is 13.8 Å². The number of aromatic nitrogens is 1. The SMILES string of the molecule is CCCn1cc(Br)cc1C(=O)N1CC(C)OCC1CC. The fourth-order valence-corrected chi connectivity index (χ4v) is 3.12. The van der Waals surface area contributed by atoms with E-state index in [1.807, 2.05) is 28.7 Å². The summed E-state index contributed by atoms with van der Waals surface area (Å²) in [4.78, 5) is 14.8. The number of halogens is 1. The van der Waals surface area contributed by atoms with Crippen molar-refractivity contribution in [3.63, 3.8) is 0 Å². The first-order valence-corrected chi connectivity index (χ1v) is 8.14. The van der Waals surface area contributed by atoms with Crippen LogP contribution in [0.3, 0.4) is 0 Å². The van der Waals surface area contributed by atoms with Gasteiger partial charge in [0, 0.05) is 23.8 Å². The second-order valence-corrected chi connectivity index (χ2v) is 6.32. The second kappa shape index (κ2) is 6.76. The average Bonchev–Trinajstić information content (AvgIpc) is 2.79. The predicted molar refractivity (Wildman–Crippen MR) is 83.0 cm³/mol. The molecule has 0 aromatic carbocycles. The van der Waals surface area contributed by atoms with Crippen molar-refractivity contribution >= 4 is 21.8 Å². The summed E-state index contributed by atoms with van der Waals surface area (Å²) in [5, 5.41) is 0. The van der Waals surface area contributed by atoms with E-state index in [2.05, 4.69) is 29.8 Å². The van der Waals surface area contributed by atoms with Gasteiger partial charge in [0.25, 0.3) is 5.91 Å². The smallest absolute Gasteiger partial charge is 0.270 e. The third-order valence-corrected chi connectivity index (χ3v) is 4.18. The largest absolute Gasteiger partial charge is 0.375 e. The number of nitrogens with zero attached hydrogens (tertiary/aromatic N) is 2. The molecule has 1 aliphatic rings. The van der Waals surface area contributed by atoms with Gasteiger partial charge in [-0.3, -0.25) is 4.79 Å². The van der Waals surface area contributed by atoms with Gasteiger partial charge in [0.15, 0.2) is 0 Å². The van der Waals surface area contributed by atoms with E-state index in [1.54, 1.807) is 0 Å². The third kappa shape index (κ3) is 3.26. The van der Waals surface area contributed by atoms with Crippen LogP contribution in [0.1, 0.15) is 44.1 Å². The van der Waals surface area contributed by atoms with Crippen molar-refractivity contribution in [1.82, 2.24) is 9.47 Å². The highest BCUT2D eigenvalue weighted by Crippen LogP contribution is 2.21. The molecule has 1 aromatic heterocycles. The number of rotatable bonds is 4. The Kier molecular flexibility index (Phi) is 5.27. The second-order valence-electron chi connectivity index (χ2n) is 5.40. The molecule has 0 N–H and O–H groups in total. The van der Waals surface area contributed by atoms with Crippen molar-refractivity contribution in [3.05, 3.63) is 22.4 Å². The summed E-state index contributed by atoms with van der Waals surface area (Å²) >= 11 is 3.47. The molecule has 20 heavy (non-hydrogen) atoms. The number of morpholine rings is 1. The number of hydrogen-bond acceptors (Lipinski definition) is 2. The monoisotopic (exact) mass is 342 g/mol. The van der Waals surface area contributed by atoms with E-state index in [9.17, 15) is 4.79 Å². The minimum Gasteiger partial charge on any atom is -0.375 e. The number of ether oxygens (including phenoxy) is 1. The zero-order valence-corrected chi connectivity index (χ0v) is 14.0. The first-order valence-electron chi connectivity index (χ1n) is 7.35. The summed E-state index contributed by atoms with van der Waals surface area (Å²) in [6, 6.07) is 2.10. The van der Waals surface area contributed by atoms with Gasteiger partial charge in [0.2, 0.25) is 0 Å². The summed E-state index contributed by atoms with van der Waals surface area (Å²) in [5.74, 6) is 0.117. The van der Waals surface area contributed by atoms with Crippen molar-refractivity contribution < 1.29 is 9.53 Å². The summed E-state index contributed by atoms with van der Waals surface area (Å²) < 4.78 is 8.67. The predicted octanol–water partition coefficient (Wildman–Crippen LogP) is 3.30. The lowest BCUT2D eigenvalue weighted by molar-refractivity contribution is -0.0447. The van der Waals surface area contributed by atoms with E-state index in [0.717, 1.165) is 29.6 Å². The van der Waals surface area contributed by atoms with Gasteiger partial charge in [0.1, 0.15) is 5.69 Å². The Balaban J connectivity index is 2.24. The van der Waals surface area contributed by atoms with E-state index in [1.165, 1.54) is 0 Å². The lowest BCUT2D eigenvalue weighted by Gasteiger charge is -2.38. The number of carbonyl (C=O) groups excluding carboxylic acids is 1. The number of hydrogen-bond donors (Lipinski definition) is 0. The Morgan fingerprint density at radius 3 is 2.90 bits per heavy atom. The first-order chi connectivity index (χ1) is 9.56. The fraction of sp³-hybridized carbons (Fsp3) is 0.667. The molecular formula is C15H23BrN2O2. The Labute approximate surface area is 129 Å². The summed E-state index contributed by atoms with van der Waals surface area (Å²) in [6.07, 6.45) is 4.04. The van der Waals surface area contributed by atoms with E-state index in [4.69, 9.17) is 4.74 Å². The highest BCUT2D eigenvalue weighted by Gasteiger charge is 2.31. The molecule has 0 bridgehead atoms. The molecule has 1 fully saturated rings. The first kappa shape index (κ1) is 15.6. The number of aryl methyl sites for hydroxylation is 1. The summed E-state index contributed by atoms with van der Waals surface area (Å²) in [7, 11) is 0. The molecule has 2 rings (SSSR count). The van der Waals surface area contributed by atoms with Crippen LogP contribution in [-0.2, 0) is 11.3 Å². The van der Waals surface area contributed by atoms with Crippen LogP contribution in [0.5, 0.6) is 0 Å². The Morgan fingerprint density at radius 2 is 2.25 bits per heavy atom. The highest BCUT2D eigenvalue weighted by molar-refractivity contribution is 9.10. The van der Waals surface area contributed by atoms with Gasteiger partial charge in [-0.15, -0.1) is 0 Å². The molecule has 4 nitrogen and oxygen atoms in total. The molecule has 0 spiro atoms. The van der Waals surface area contributed by atoms with Gasteiger partial charge in [-0.25, -0.2) is 0 Å². The molecule has 0 radical (unpaired) electrons. The van der Waals surface area contributed by atoms with Crippen molar-refractivity contribution in [2.24, 2.45) is 0 Å². The van der Waals surface area contributed by atoms with Crippen LogP contribution in [0.25, 0.3) is 0 Å². The maximum Gasteiger partial charge on any atom is 0.270 e. The molecule has 1 aromatic rings. The van der Waals surface area contributed by atoms with Crippen molar-refractivity contribution in [2.75, 3.05) is 13.2 Å². The standard InChI is InChI=1S/C15H23BrN2O2/c1-4-6-17-9-12(16)7-14(17)15(19)18-8-11(3)20-10-13(18)5-2/h7,9,11,13H,4-6,8,10H2,1-3H3. The average molecular weight is 343 g/mol. The van der Waals surface area contributed by atoms with Gasteiger partial charge < -0.3 is 14.2 Å². The Hall–Kier alpha value is -0.810. The Morgan fingerprint density at radius 1 is 1.50 bits per heavy atom. The van der Waals surface area contributed by atoms with Crippen molar-refractivity contribution in [1.29, 1.82) is 0 Å². The molecular weight excluding hydrogens is 320 g/mol. The number of amides is 1. The molecule has 1 amide bonds. The minimum atomic E-state index is 0.111. The van der Waals surface area contributed by atoms with Crippen molar-refractivity contribution in [3.8, 4) is 0 Å². The highest BCUT2D eigenvalue weighted by atomic mass is 79.9. The van der Waals surface area contributed by atoms with E-state index >= 15 is 0 Å². The molecule has 2 unspecified atom stereocenters. The lowest BCUT2D eigenvalue weighted by Crippen LogP contribution is -2.51. The van der Waals surface area contributed by atoms with Gasteiger partial charge in [0.05, 0.1) is 18.8 Å². The lowest BCUT2D eigenvalue weighted by atomic mass is 10.1. The van der Waals surface area contributed by atoms with Crippen LogP contribution < -0.4 is 0 Å². The zero-order chi connectivity index (χ0) is 14.7. The van der Waals surface area contributed by atoms with Crippen LogP contribution in [0.15, 0.2) is 16.7 Å². The normalized spacial score (nSPS) is 23.1. The maximum atomic E-state index is 12.9. The number of carbonyl (C=O) groups is 1. The van der Waals surface area contributed by atoms with Crippen LogP contribution >= 0.6 is 15.9 Å². The molecule has 1 aliphatic heterocycles. The molecule has 2 atom stereocenters. The molecule has 0 aliphatic carbocycles. The zero-order valence-electron chi connectivity index (χ0n) is 12.4. The van der Waals surface area contributed by atoms with Gasteiger partial charge >= 0.3 is 0 Å². The summed E-state index contributed by atoms with van der Waals surface area (Å²) in [6.45, 7) is 8.42. The van der Waals surface area contributed by atoms with Crippen LogP contribution in [0.2, 0.25) is 0 Å². The maximum absolute atomic E-state index is 12.9. The van der Waals surface area contributed by atoms with Gasteiger partial charge in [-0.2, -0.15) is 0 Å². The van der Waals surface area contributed by atoms with E-state index in [-0.39, 0.29) is 18.1 Å².